The average Bonchev–Trinajstić information content (AvgIpc) is 2.66. The molecular formula is C19H21N3O5S. The Morgan fingerprint density at radius 2 is 1.89 bits per heavy atom. The van der Waals surface area contributed by atoms with Crippen LogP contribution in [0, 0.1) is 4.77 Å². The molecule has 1 atom stereocenters. The number of rotatable bonds is 5. The second-order valence-electron chi connectivity index (χ2n) is 6.13. The minimum absolute atomic E-state index is 0.190. The van der Waals surface area contributed by atoms with E-state index in [4.69, 9.17) is 26.4 Å². The number of H-pyrrole nitrogens is 2. The van der Waals surface area contributed by atoms with Gasteiger partial charge in [-0.05, 0) is 43.8 Å². The summed E-state index contributed by atoms with van der Waals surface area (Å²) < 4.78 is 16.1. The minimum Gasteiger partial charge on any atom is -0.493 e. The van der Waals surface area contributed by atoms with Gasteiger partial charge in [0.15, 0.2) is 16.3 Å². The van der Waals surface area contributed by atoms with E-state index in [1.165, 1.54) is 14.2 Å². The van der Waals surface area contributed by atoms with Crippen molar-refractivity contribution in [2.24, 2.45) is 0 Å². The molecule has 1 aromatic carbocycles. The van der Waals surface area contributed by atoms with Gasteiger partial charge >= 0.3 is 5.97 Å². The third-order valence-electron chi connectivity index (χ3n) is 4.51. The highest BCUT2D eigenvalue weighted by Gasteiger charge is 2.36. The first-order chi connectivity index (χ1) is 13.4. The van der Waals surface area contributed by atoms with Gasteiger partial charge in [0.25, 0.3) is 5.56 Å². The second kappa shape index (κ2) is 7.89. The molecule has 0 aliphatic carbocycles. The molecule has 8 nitrogen and oxygen atoms in total. The summed E-state index contributed by atoms with van der Waals surface area (Å²) in [5.74, 6) is 0.297. The molecule has 28 heavy (non-hydrogen) atoms. The van der Waals surface area contributed by atoms with Crippen LogP contribution in [-0.4, -0.2) is 36.8 Å². The summed E-state index contributed by atoms with van der Waals surface area (Å²) in [5.41, 5.74) is 1.55. The van der Waals surface area contributed by atoms with Crippen molar-refractivity contribution < 1.29 is 19.0 Å². The van der Waals surface area contributed by atoms with Crippen molar-refractivity contribution in [3.05, 3.63) is 55.7 Å². The van der Waals surface area contributed by atoms with Crippen molar-refractivity contribution in [1.29, 1.82) is 0 Å². The van der Waals surface area contributed by atoms with Gasteiger partial charge < -0.3 is 24.5 Å². The zero-order chi connectivity index (χ0) is 20.4. The summed E-state index contributed by atoms with van der Waals surface area (Å²) in [4.78, 5) is 31.0. The van der Waals surface area contributed by atoms with Crippen LogP contribution in [0.2, 0.25) is 0 Å². The predicted octanol–water partition coefficient (Wildman–Crippen LogP) is 2.84. The average molecular weight is 403 g/mol. The first-order valence-corrected chi connectivity index (χ1v) is 9.05. The number of esters is 1. The predicted molar refractivity (Wildman–Crippen MR) is 107 cm³/mol. The van der Waals surface area contributed by atoms with Gasteiger partial charge in [-0.25, -0.2) is 4.79 Å². The molecule has 9 heteroatoms. The van der Waals surface area contributed by atoms with Crippen LogP contribution < -0.4 is 20.3 Å². The fourth-order valence-electron chi connectivity index (χ4n) is 3.33. The van der Waals surface area contributed by atoms with Crippen LogP contribution in [0.3, 0.4) is 0 Å². The summed E-state index contributed by atoms with van der Waals surface area (Å²) in [6, 6.07) is 5.26. The number of methoxy groups -OCH3 is 2. The van der Waals surface area contributed by atoms with Crippen molar-refractivity contribution in [2.45, 2.75) is 19.8 Å². The Bertz CT molecular complexity index is 1070. The fourth-order valence-corrected chi connectivity index (χ4v) is 3.53. The van der Waals surface area contributed by atoms with Gasteiger partial charge in [-0.1, -0.05) is 6.07 Å². The van der Waals surface area contributed by atoms with Gasteiger partial charge in [-0.3, -0.25) is 9.78 Å². The van der Waals surface area contributed by atoms with Gasteiger partial charge in [0.1, 0.15) is 5.82 Å². The molecule has 0 saturated carbocycles. The lowest BCUT2D eigenvalue weighted by atomic mass is 9.82. The van der Waals surface area contributed by atoms with Crippen LogP contribution in [0.1, 0.15) is 30.9 Å². The Balaban J connectivity index is 2.29. The van der Waals surface area contributed by atoms with Gasteiger partial charge in [-0.2, -0.15) is 0 Å². The number of hydrogen-bond donors (Lipinski definition) is 3. The Kier molecular flexibility index (Phi) is 5.55. The molecule has 1 aromatic heterocycles. The molecule has 1 aliphatic rings. The third kappa shape index (κ3) is 3.40. The largest absolute Gasteiger partial charge is 0.493 e. The number of aromatic amines is 2. The Morgan fingerprint density at radius 1 is 1.18 bits per heavy atom. The highest BCUT2D eigenvalue weighted by molar-refractivity contribution is 7.71. The molecule has 0 saturated heterocycles. The lowest BCUT2D eigenvalue weighted by Gasteiger charge is -2.29. The van der Waals surface area contributed by atoms with E-state index >= 15 is 0 Å². The SMILES string of the molecule is CCOC(=O)C1=C(C)Nc2[nH]c(=S)[nH]c(=O)c2C1c1ccc(OC)c(OC)c1. The Morgan fingerprint density at radius 3 is 2.54 bits per heavy atom. The van der Waals surface area contributed by atoms with Gasteiger partial charge in [0.05, 0.1) is 37.9 Å². The van der Waals surface area contributed by atoms with E-state index in [0.29, 0.717) is 39.7 Å². The van der Waals surface area contributed by atoms with Crippen molar-refractivity contribution in [3.63, 3.8) is 0 Å². The zero-order valence-corrected chi connectivity index (χ0v) is 16.8. The molecule has 3 N–H and O–H groups in total. The van der Waals surface area contributed by atoms with E-state index in [1.807, 2.05) is 0 Å². The number of carbonyl (C=O) groups excluding carboxylic acids is 1. The number of carbonyl (C=O) groups is 1. The molecule has 2 heterocycles. The maximum absolute atomic E-state index is 12.8. The van der Waals surface area contributed by atoms with E-state index in [1.54, 1.807) is 32.0 Å². The summed E-state index contributed by atoms with van der Waals surface area (Å²) in [7, 11) is 3.06. The van der Waals surface area contributed by atoms with Crippen LogP contribution in [0.15, 0.2) is 34.3 Å². The maximum Gasteiger partial charge on any atom is 0.336 e. The van der Waals surface area contributed by atoms with E-state index in [0.717, 1.165) is 0 Å². The van der Waals surface area contributed by atoms with E-state index in [9.17, 15) is 9.59 Å². The number of benzene rings is 1. The molecule has 0 fully saturated rings. The smallest absolute Gasteiger partial charge is 0.336 e. The summed E-state index contributed by atoms with van der Waals surface area (Å²) in [6.45, 7) is 3.70. The van der Waals surface area contributed by atoms with Crippen LogP contribution in [0.5, 0.6) is 11.5 Å². The molecule has 3 rings (SSSR count). The number of allylic oxidation sites excluding steroid dienone is 1. The number of hydrogen-bond acceptors (Lipinski definition) is 7. The normalized spacial score (nSPS) is 15.5. The Labute approximate surface area is 166 Å². The monoisotopic (exact) mass is 403 g/mol. The van der Waals surface area contributed by atoms with Crippen LogP contribution in [0.4, 0.5) is 5.82 Å². The molecule has 0 radical (unpaired) electrons. The first-order valence-electron chi connectivity index (χ1n) is 8.64. The molecular weight excluding hydrogens is 382 g/mol. The van der Waals surface area contributed by atoms with Crippen LogP contribution >= 0.6 is 12.2 Å². The number of anilines is 1. The molecule has 148 valence electrons. The molecule has 0 spiro atoms. The van der Waals surface area contributed by atoms with Gasteiger partial charge in [0, 0.05) is 5.70 Å². The standard InChI is InChI=1S/C19H21N3O5S/c1-5-27-18(24)13-9(2)20-16-15(17(23)22-19(28)21-16)14(13)10-6-7-11(25-3)12(8-10)26-4/h6-8,14H,5H2,1-4H3,(H3,20,21,22,23,28). The number of fused-ring (bicyclic) bond motifs is 1. The highest BCUT2D eigenvalue weighted by Crippen LogP contribution is 2.42. The maximum atomic E-state index is 12.8. The van der Waals surface area contributed by atoms with Gasteiger partial charge in [-0.15, -0.1) is 0 Å². The Hall–Kier alpha value is -3.07. The molecule has 0 bridgehead atoms. The van der Waals surface area contributed by atoms with Crippen LogP contribution in [-0.2, 0) is 9.53 Å². The number of nitrogens with one attached hydrogen (secondary N) is 3. The fraction of sp³-hybridized carbons (Fsp3) is 0.316. The van der Waals surface area contributed by atoms with Gasteiger partial charge in [0.2, 0.25) is 0 Å². The molecule has 1 aliphatic heterocycles. The topological polar surface area (TPSA) is 105 Å². The van der Waals surface area contributed by atoms with Crippen molar-refractivity contribution in [1.82, 2.24) is 9.97 Å². The molecule has 1 unspecified atom stereocenters. The van der Waals surface area contributed by atoms with E-state index in [-0.39, 0.29) is 16.9 Å². The first kappa shape index (κ1) is 19.7. The van der Waals surface area contributed by atoms with E-state index in [2.05, 4.69) is 15.3 Å². The minimum atomic E-state index is -0.675. The number of ether oxygens (including phenoxy) is 3. The van der Waals surface area contributed by atoms with Crippen molar-refractivity contribution in [2.75, 3.05) is 26.1 Å². The van der Waals surface area contributed by atoms with Crippen molar-refractivity contribution >= 4 is 24.0 Å². The zero-order valence-electron chi connectivity index (χ0n) is 16.0. The summed E-state index contributed by atoms with van der Waals surface area (Å²) in [5, 5.41) is 3.06. The molecule has 0 amide bonds. The van der Waals surface area contributed by atoms with Crippen LogP contribution in [0.25, 0.3) is 0 Å². The second-order valence-corrected chi connectivity index (χ2v) is 6.54. The van der Waals surface area contributed by atoms with E-state index < -0.39 is 11.9 Å². The number of aromatic nitrogens is 2. The quantitative estimate of drug-likeness (QED) is 0.521. The molecule has 2 aromatic rings. The lowest BCUT2D eigenvalue weighted by Crippen LogP contribution is -2.31. The third-order valence-corrected chi connectivity index (χ3v) is 4.71. The lowest BCUT2D eigenvalue weighted by molar-refractivity contribution is -0.138. The summed E-state index contributed by atoms with van der Waals surface area (Å²) in [6.07, 6.45) is 0. The highest BCUT2D eigenvalue weighted by atomic mass is 32.1. The van der Waals surface area contributed by atoms with Crippen molar-refractivity contribution in [3.8, 4) is 11.5 Å². The summed E-state index contributed by atoms with van der Waals surface area (Å²) >= 11 is 5.08.